The van der Waals surface area contributed by atoms with E-state index in [0.717, 1.165) is 24.4 Å². The molecule has 0 bridgehead atoms. The van der Waals surface area contributed by atoms with Crippen LogP contribution >= 0.6 is 11.5 Å². The van der Waals surface area contributed by atoms with Gasteiger partial charge in [-0.3, -0.25) is 9.69 Å². The molecule has 2 aromatic rings. The molecule has 3 heterocycles. The monoisotopic (exact) mass is 376 g/mol. The summed E-state index contributed by atoms with van der Waals surface area (Å²) in [7, 11) is 0. The Bertz CT molecular complexity index is 799. The Kier molecular flexibility index (Phi) is 4.97. The minimum absolute atomic E-state index is 0.0355. The summed E-state index contributed by atoms with van der Waals surface area (Å²) in [5.74, 6) is -0.265. The summed E-state index contributed by atoms with van der Waals surface area (Å²) in [5.41, 5.74) is 1.05. The average molecular weight is 376 g/mol. The predicted molar refractivity (Wildman–Crippen MR) is 95.5 cm³/mol. The standard InChI is InChI=1S/C18H21FN4O2S/c1-12-17(20-21-26-12)18(24)23-7-6-22-10-15(8-14(22)9-23)25-11-13-4-2-3-5-16(13)19/h2-5,14-15H,6-11H2,1H3/t14-,15-/m0/s1. The third-order valence-electron chi connectivity index (χ3n) is 5.15. The molecule has 26 heavy (non-hydrogen) atoms. The number of carbonyl (C=O) groups excluding carboxylic acids is 1. The number of benzene rings is 1. The molecular formula is C18H21FN4O2S. The van der Waals surface area contributed by atoms with Crippen molar-refractivity contribution in [3.8, 4) is 0 Å². The summed E-state index contributed by atoms with van der Waals surface area (Å²) in [6, 6.07) is 6.99. The number of ether oxygens (including phenoxy) is 1. The number of fused-ring (bicyclic) bond motifs is 1. The number of aryl methyl sites for hydroxylation is 1. The smallest absolute Gasteiger partial charge is 0.275 e. The van der Waals surface area contributed by atoms with Crippen molar-refractivity contribution in [2.45, 2.75) is 32.1 Å². The first-order chi connectivity index (χ1) is 12.6. The molecule has 1 aromatic heterocycles. The van der Waals surface area contributed by atoms with E-state index in [1.165, 1.54) is 17.6 Å². The zero-order chi connectivity index (χ0) is 18.1. The van der Waals surface area contributed by atoms with Crippen molar-refractivity contribution in [1.82, 2.24) is 19.4 Å². The largest absolute Gasteiger partial charge is 0.372 e. The molecule has 2 fully saturated rings. The zero-order valence-corrected chi connectivity index (χ0v) is 15.4. The van der Waals surface area contributed by atoms with Gasteiger partial charge < -0.3 is 9.64 Å². The molecule has 1 amide bonds. The molecule has 0 radical (unpaired) electrons. The van der Waals surface area contributed by atoms with Crippen molar-refractivity contribution in [3.63, 3.8) is 0 Å². The van der Waals surface area contributed by atoms with E-state index in [4.69, 9.17) is 4.74 Å². The van der Waals surface area contributed by atoms with Gasteiger partial charge in [0, 0.05) is 37.8 Å². The minimum atomic E-state index is -0.229. The highest BCUT2D eigenvalue weighted by Crippen LogP contribution is 2.26. The SMILES string of the molecule is Cc1snnc1C(=O)N1CCN2C[C@@H](OCc3ccccc3F)C[C@H]2C1. The average Bonchev–Trinajstić information content (AvgIpc) is 3.25. The topological polar surface area (TPSA) is 58.6 Å². The van der Waals surface area contributed by atoms with Gasteiger partial charge in [-0.15, -0.1) is 5.10 Å². The number of carbonyl (C=O) groups is 1. The number of hydrogen-bond donors (Lipinski definition) is 0. The van der Waals surface area contributed by atoms with E-state index < -0.39 is 0 Å². The highest BCUT2D eigenvalue weighted by Gasteiger charge is 2.38. The quantitative estimate of drug-likeness (QED) is 0.818. The molecule has 2 aliphatic rings. The number of hydrogen-bond acceptors (Lipinski definition) is 6. The number of aromatic nitrogens is 2. The maximum atomic E-state index is 13.7. The molecule has 2 atom stereocenters. The van der Waals surface area contributed by atoms with E-state index in [9.17, 15) is 9.18 Å². The lowest BCUT2D eigenvalue weighted by Gasteiger charge is -2.36. The highest BCUT2D eigenvalue weighted by molar-refractivity contribution is 7.05. The van der Waals surface area contributed by atoms with Crippen molar-refractivity contribution in [3.05, 3.63) is 46.2 Å². The lowest BCUT2D eigenvalue weighted by molar-refractivity contribution is 0.0437. The van der Waals surface area contributed by atoms with Crippen LogP contribution in [-0.2, 0) is 11.3 Å². The van der Waals surface area contributed by atoms with Crippen LogP contribution in [0, 0.1) is 12.7 Å². The first kappa shape index (κ1) is 17.5. The second-order valence-electron chi connectivity index (χ2n) is 6.84. The van der Waals surface area contributed by atoms with Crippen molar-refractivity contribution in [2.75, 3.05) is 26.2 Å². The summed E-state index contributed by atoms with van der Waals surface area (Å²) < 4.78 is 23.5. The Balaban J connectivity index is 1.34. The second kappa shape index (κ2) is 7.38. The molecule has 0 N–H and O–H groups in total. The molecule has 0 saturated carbocycles. The Labute approximate surface area is 155 Å². The Hall–Kier alpha value is -1.90. The van der Waals surface area contributed by atoms with Gasteiger partial charge in [-0.05, 0) is 30.9 Å². The van der Waals surface area contributed by atoms with Gasteiger partial charge in [-0.2, -0.15) is 0 Å². The summed E-state index contributed by atoms with van der Waals surface area (Å²) in [6.07, 6.45) is 0.921. The minimum Gasteiger partial charge on any atom is -0.372 e. The van der Waals surface area contributed by atoms with Gasteiger partial charge in [-0.1, -0.05) is 22.7 Å². The number of amides is 1. The maximum Gasteiger partial charge on any atom is 0.275 e. The number of halogens is 1. The van der Waals surface area contributed by atoms with Crippen molar-refractivity contribution >= 4 is 17.4 Å². The number of rotatable bonds is 4. The lowest BCUT2D eigenvalue weighted by atomic mass is 10.1. The molecule has 0 spiro atoms. The molecule has 138 valence electrons. The third kappa shape index (κ3) is 3.49. The second-order valence-corrected chi connectivity index (χ2v) is 7.80. The van der Waals surface area contributed by atoms with Crippen LogP contribution in [0.15, 0.2) is 24.3 Å². The van der Waals surface area contributed by atoms with E-state index in [-0.39, 0.29) is 30.5 Å². The molecule has 0 aliphatic carbocycles. The van der Waals surface area contributed by atoms with Gasteiger partial charge in [0.05, 0.1) is 17.6 Å². The molecule has 0 unspecified atom stereocenters. The molecule has 8 heteroatoms. The first-order valence-electron chi connectivity index (χ1n) is 8.79. The molecule has 6 nitrogen and oxygen atoms in total. The fourth-order valence-electron chi connectivity index (χ4n) is 3.70. The van der Waals surface area contributed by atoms with Crippen LogP contribution < -0.4 is 0 Å². The van der Waals surface area contributed by atoms with E-state index in [1.54, 1.807) is 12.1 Å². The molecular weight excluding hydrogens is 355 g/mol. The molecule has 1 aromatic carbocycles. The van der Waals surface area contributed by atoms with Gasteiger partial charge in [0.15, 0.2) is 5.69 Å². The number of nitrogens with zero attached hydrogens (tertiary/aromatic N) is 4. The van der Waals surface area contributed by atoms with Crippen LogP contribution in [0.5, 0.6) is 0 Å². The summed E-state index contributed by atoms with van der Waals surface area (Å²) >= 11 is 1.25. The van der Waals surface area contributed by atoms with Crippen molar-refractivity contribution in [1.29, 1.82) is 0 Å². The van der Waals surface area contributed by atoms with E-state index in [2.05, 4.69) is 14.5 Å². The molecule has 2 saturated heterocycles. The van der Waals surface area contributed by atoms with Crippen LogP contribution in [0.2, 0.25) is 0 Å². The fraction of sp³-hybridized carbons (Fsp3) is 0.500. The fourth-order valence-corrected chi connectivity index (χ4v) is 4.16. The molecule has 4 rings (SSSR count). The normalized spacial score (nSPS) is 23.2. The zero-order valence-electron chi connectivity index (χ0n) is 14.6. The van der Waals surface area contributed by atoms with Crippen molar-refractivity contribution in [2.24, 2.45) is 0 Å². The van der Waals surface area contributed by atoms with Gasteiger partial charge in [0.25, 0.3) is 5.91 Å². The summed E-state index contributed by atoms with van der Waals surface area (Å²) in [6.45, 7) is 5.17. The van der Waals surface area contributed by atoms with Crippen LogP contribution in [-0.4, -0.2) is 63.6 Å². The van der Waals surface area contributed by atoms with Gasteiger partial charge in [0.1, 0.15) is 5.82 Å². The lowest BCUT2D eigenvalue weighted by Crippen LogP contribution is -2.52. The predicted octanol–water partition coefficient (Wildman–Crippen LogP) is 2.10. The van der Waals surface area contributed by atoms with Crippen LogP contribution in [0.3, 0.4) is 0 Å². The van der Waals surface area contributed by atoms with Gasteiger partial charge in [-0.25, -0.2) is 4.39 Å². The van der Waals surface area contributed by atoms with E-state index >= 15 is 0 Å². The number of piperazine rings is 1. The van der Waals surface area contributed by atoms with E-state index in [1.807, 2.05) is 17.9 Å². The van der Waals surface area contributed by atoms with Crippen LogP contribution in [0.25, 0.3) is 0 Å². The molecule has 2 aliphatic heterocycles. The Morgan fingerprint density at radius 2 is 2.19 bits per heavy atom. The Morgan fingerprint density at radius 1 is 1.35 bits per heavy atom. The van der Waals surface area contributed by atoms with Crippen LogP contribution in [0.4, 0.5) is 4.39 Å². The maximum absolute atomic E-state index is 13.7. The van der Waals surface area contributed by atoms with Crippen LogP contribution in [0.1, 0.15) is 27.3 Å². The Morgan fingerprint density at radius 3 is 2.96 bits per heavy atom. The third-order valence-corrected chi connectivity index (χ3v) is 5.78. The van der Waals surface area contributed by atoms with Crippen molar-refractivity contribution < 1.29 is 13.9 Å². The first-order valence-corrected chi connectivity index (χ1v) is 9.56. The van der Waals surface area contributed by atoms with E-state index in [0.29, 0.717) is 24.3 Å². The summed E-state index contributed by atoms with van der Waals surface area (Å²) in [4.78, 5) is 17.7. The van der Waals surface area contributed by atoms with Gasteiger partial charge >= 0.3 is 0 Å². The highest BCUT2D eigenvalue weighted by atomic mass is 32.1. The summed E-state index contributed by atoms with van der Waals surface area (Å²) in [5, 5.41) is 3.97. The van der Waals surface area contributed by atoms with Gasteiger partial charge in [0.2, 0.25) is 0 Å².